The molecule has 1 amide bonds. The van der Waals surface area contributed by atoms with Gasteiger partial charge in [-0.2, -0.15) is 0 Å². The molecule has 21 heavy (non-hydrogen) atoms. The Labute approximate surface area is 128 Å². The van der Waals surface area contributed by atoms with Crippen LogP contribution in [0.4, 0.5) is 11.4 Å². The summed E-state index contributed by atoms with van der Waals surface area (Å²) >= 11 is 5.89. The summed E-state index contributed by atoms with van der Waals surface area (Å²) in [5.41, 5.74) is 7.80. The van der Waals surface area contributed by atoms with Crippen LogP contribution < -0.4 is 15.8 Å². The summed E-state index contributed by atoms with van der Waals surface area (Å²) in [5, 5.41) is 3.22. The highest BCUT2D eigenvalue weighted by molar-refractivity contribution is 6.31. The minimum Gasteiger partial charge on any atom is -0.481 e. The number of hydrogen-bond donors (Lipinski definition) is 2. The number of amides is 1. The molecule has 0 aromatic heterocycles. The van der Waals surface area contributed by atoms with Crippen LogP contribution in [-0.2, 0) is 4.79 Å². The fraction of sp³-hybridized carbons (Fsp3) is 0.188. The van der Waals surface area contributed by atoms with Crippen LogP contribution in [0.3, 0.4) is 0 Å². The molecule has 3 N–H and O–H groups in total. The van der Waals surface area contributed by atoms with E-state index in [1.54, 1.807) is 25.1 Å². The molecular formula is C16H17ClN2O2. The monoisotopic (exact) mass is 304 g/mol. The maximum absolute atomic E-state index is 12.1. The van der Waals surface area contributed by atoms with E-state index in [1.807, 2.05) is 31.2 Å². The van der Waals surface area contributed by atoms with Crippen molar-refractivity contribution < 1.29 is 9.53 Å². The van der Waals surface area contributed by atoms with Crippen LogP contribution in [0, 0.1) is 6.92 Å². The van der Waals surface area contributed by atoms with E-state index in [0.717, 1.165) is 5.56 Å². The van der Waals surface area contributed by atoms with Crippen molar-refractivity contribution >= 4 is 28.9 Å². The molecule has 0 saturated heterocycles. The van der Waals surface area contributed by atoms with Crippen LogP contribution in [0.5, 0.6) is 5.75 Å². The molecule has 4 nitrogen and oxygen atoms in total. The van der Waals surface area contributed by atoms with Gasteiger partial charge >= 0.3 is 0 Å². The van der Waals surface area contributed by atoms with Crippen molar-refractivity contribution in [3.8, 4) is 5.75 Å². The van der Waals surface area contributed by atoms with Crippen LogP contribution in [0.15, 0.2) is 42.5 Å². The molecule has 1 unspecified atom stereocenters. The van der Waals surface area contributed by atoms with E-state index in [9.17, 15) is 4.79 Å². The number of ether oxygens (including phenoxy) is 1. The number of hydrogen-bond acceptors (Lipinski definition) is 3. The van der Waals surface area contributed by atoms with E-state index in [1.165, 1.54) is 0 Å². The quantitative estimate of drug-likeness (QED) is 0.848. The molecule has 0 fully saturated rings. The molecule has 0 saturated carbocycles. The topological polar surface area (TPSA) is 64.3 Å². The number of benzene rings is 2. The van der Waals surface area contributed by atoms with Crippen LogP contribution >= 0.6 is 11.6 Å². The summed E-state index contributed by atoms with van der Waals surface area (Å²) < 4.78 is 5.61. The second kappa shape index (κ2) is 6.50. The number of nitrogens with two attached hydrogens (primary N) is 1. The largest absolute Gasteiger partial charge is 0.481 e. The van der Waals surface area contributed by atoms with Gasteiger partial charge in [0.15, 0.2) is 6.10 Å². The lowest BCUT2D eigenvalue weighted by atomic mass is 10.2. The minimum atomic E-state index is -0.648. The zero-order chi connectivity index (χ0) is 15.4. The summed E-state index contributed by atoms with van der Waals surface area (Å²) in [7, 11) is 0. The average molecular weight is 305 g/mol. The van der Waals surface area contributed by atoms with Gasteiger partial charge in [-0.05, 0) is 49.7 Å². The second-order valence-electron chi connectivity index (χ2n) is 4.80. The van der Waals surface area contributed by atoms with E-state index in [4.69, 9.17) is 22.1 Å². The van der Waals surface area contributed by atoms with E-state index in [2.05, 4.69) is 5.32 Å². The van der Waals surface area contributed by atoms with Gasteiger partial charge in [-0.15, -0.1) is 0 Å². The van der Waals surface area contributed by atoms with Crippen LogP contribution in [0.1, 0.15) is 12.5 Å². The lowest BCUT2D eigenvalue weighted by molar-refractivity contribution is -0.122. The first-order valence-electron chi connectivity index (χ1n) is 6.55. The smallest absolute Gasteiger partial charge is 0.265 e. The van der Waals surface area contributed by atoms with Gasteiger partial charge in [0.25, 0.3) is 5.91 Å². The lowest BCUT2D eigenvalue weighted by Crippen LogP contribution is -2.30. The average Bonchev–Trinajstić information content (AvgIpc) is 2.43. The fourth-order valence-electron chi connectivity index (χ4n) is 1.82. The SMILES string of the molecule is Cc1cccc(OC(C)C(=O)Nc2cc(Cl)ccc2N)c1. The molecule has 0 radical (unpaired) electrons. The maximum atomic E-state index is 12.1. The van der Waals surface area contributed by atoms with Crippen molar-refractivity contribution in [2.45, 2.75) is 20.0 Å². The third-order valence-electron chi connectivity index (χ3n) is 2.94. The zero-order valence-corrected chi connectivity index (χ0v) is 12.6. The molecule has 0 heterocycles. The van der Waals surface area contributed by atoms with Crippen LogP contribution in [0.25, 0.3) is 0 Å². The number of aryl methyl sites for hydroxylation is 1. The van der Waals surface area contributed by atoms with Gasteiger partial charge in [0.1, 0.15) is 5.75 Å². The first-order chi connectivity index (χ1) is 9.95. The van der Waals surface area contributed by atoms with Crippen molar-refractivity contribution in [1.82, 2.24) is 0 Å². The van der Waals surface area contributed by atoms with Crippen molar-refractivity contribution in [2.24, 2.45) is 0 Å². The fourth-order valence-corrected chi connectivity index (χ4v) is 1.99. The van der Waals surface area contributed by atoms with Crippen molar-refractivity contribution in [3.63, 3.8) is 0 Å². The summed E-state index contributed by atoms with van der Waals surface area (Å²) in [5.74, 6) is 0.363. The van der Waals surface area contributed by atoms with Gasteiger partial charge in [0.05, 0.1) is 11.4 Å². The number of carbonyl (C=O) groups excluding carboxylic acids is 1. The van der Waals surface area contributed by atoms with Crippen molar-refractivity contribution in [1.29, 1.82) is 0 Å². The molecule has 0 aliphatic rings. The van der Waals surface area contributed by atoms with Crippen LogP contribution in [-0.4, -0.2) is 12.0 Å². The Morgan fingerprint density at radius 3 is 2.76 bits per heavy atom. The molecule has 110 valence electrons. The maximum Gasteiger partial charge on any atom is 0.265 e. The second-order valence-corrected chi connectivity index (χ2v) is 5.23. The highest BCUT2D eigenvalue weighted by Crippen LogP contribution is 2.23. The van der Waals surface area contributed by atoms with Gasteiger partial charge in [-0.3, -0.25) is 4.79 Å². The zero-order valence-electron chi connectivity index (χ0n) is 11.9. The van der Waals surface area contributed by atoms with E-state index < -0.39 is 6.10 Å². The third kappa shape index (κ3) is 4.13. The van der Waals surface area contributed by atoms with Gasteiger partial charge in [0.2, 0.25) is 0 Å². The van der Waals surface area contributed by atoms with E-state index >= 15 is 0 Å². The van der Waals surface area contributed by atoms with E-state index in [0.29, 0.717) is 22.1 Å². The first-order valence-corrected chi connectivity index (χ1v) is 6.92. The molecule has 2 rings (SSSR count). The third-order valence-corrected chi connectivity index (χ3v) is 3.18. The number of halogens is 1. The molecule has 5 heteroatoms. The summed E-state index contributed by atoms with van der Waals surface area (Å²) in [6, 6.07) is 12.4. The molecule has 0 aliphatic heterocycles. The Kier molecular flexibility index (Phi) is 4.70. The molecule has 2 aromatic rings. The lowest BCUT2D eigenvalue weighted by Gasteiger charge is -2.16. The minimum absolute atomic E-state index is 0.287. The number of rotatable bonds is 4. The Hall–Kier alpha value is -2.20. The van der Waals surface area contributed by atoms with Gasteiger partial charge in [0, 0.05) is 5.02 Å². The predicted octanol–water partition coefficient (Wildman–Crippen LogP) is 3.64. The molecule has 1 atom stereocenters. The summed E-state index contributed by atoms with van der Waals surface area (Å²) in [4.78, 5) is 12.1. The Balaban J connectivity index is 2.04. The molecule has 2 aromatic carbocycles. The number of anilines is 2. The number of nitrogens with one attached hydrogen (secondary N) is 1. The highest BCUT2D eigenvalue weighted by atomic mass is 35.5. The van der Waals surface area contributed by atoms with Crippen molar-refractivity contribution in [2.75, 3.05) is 11.1 Å². The summed E-state index contributed by atoms with van der Waals surface area (Å²) in [6.45, 7) is 3.64. The Bertz CT molecular complexity index is 658. The molecule has 0 aliphatic carbocycles. The Morgan fingerprint density at radius 2 is 2.05 bits per heavy atom. The van der Waals surface area contributed by atoms with Gasteiger partial charge < -0.3 is 15.8 Å². The van der Waals surface area contributed by atoms with Gasteiger partial charge in [-0.25, -0.2) is 0 Å². The normalized spacial score (nSPS) is 11.8. The standard InChI is InChI=1S/C16H17ClN2O2/c1-10-4-3-5-13(8-10)21-11(2)16(20)19-15-9-12(17)6-7-14(15)18/h3-9,11H,18H2,1-2H3,(H,19,20). The first kappa shape index (κ1) is 15.2. The molecule has 0 spiro atoms. The van der Waals surface area contributed by atoms with Gasteiger partial charge in [-0.1, -0.05) is 23.7 Å². The van der Waals surface area contributed by atoms with E-state index in [-0.39, 0.29) is 5.91 Å². The predicted molar refractivity (Wildman–Crippen MR) is 85.8 cm³/mol. The van der Waals surface area contributed by atoms with Crippen molar-refractivity contribution in [3.05, 3.63) is 53.1 Å². The van der Waals surface area contributed by atoms with Crippen LogP contribution in [0.2, 0.25) is 5.02 Å². The molecular weight excluding hydrogens is 288 g/mol. The molecule has 0 bridgehead atoms. The highest BCUT2D eigenvalue weighted by Gasteiger charge is 2.16. The summed E-state index contributed by atoms with van der Waals surface area (Å²) in [6.07, 6.45) is -0.648. The Morgan fingerprint density at radius 1 is 1.29 bits per heavy atom. The number of nitrogen functional groups attached to an aromatic ring is 1. The number of carbonyl (C=O) groups is 1.